The van der Waals surface area contributed by atoms with E-state index in [4.69, 9.17) is 4.74 Å². The molecule has 6 nitrogen and oxygen atoms in total. The Morgan fingerprint density at radius 1 is 1.44 bits per heavy atom. The van der Waals surface area contributed by atoms with E-state index in [1.165, 1.54) is 5.56 Å². The van der Waals surface area contributed by atoms with Gasteiger partial charge in [0.2, 0.25) is 5.91 Å². The molecule has 1 aromatic rings. The highest BCUT2D eigenvalue weighted by molar-refractivity contribution is 5.81. The summed E-state index contributed by atoms with van der Waals surface area (Å²) >= 11 is 0. The zero-order valence-electron chi connectivity index (χ0n) is 15.8. The molecule has 1 aliphatic rings. The van der Waals surface area contributed by atoms with Gasteiger partial charge in [0.15, 0.2) is 5.96 Å². The van der Waals surface area contributed by atoms with Crippen molar-refractivity contribution in [3.05, 3.63) is 29.3 Å². The summed E-state index contributed by atoms with van der Waals surface area (Å²) < 4.78 is 5.38. The van der Waals surface area contributed by atoms with Crippen LogP contribution < -0.4 is 15.4 Å². The van der Waals surface area contributed by atoms with Gasteiger partial charge in [0.05, 0.1) is 7.11 Å². The maximum atomic E-state index is 11.6. The molecule has 1 aromatic carbocycles. The number of amides is 1. The Morgan fingerprint density at radius 2 is 2.24 bits per heavy atom. The van der Waals surface area contributed by atoms with Gasteiger partial charge in [-0.1, -0.05) is 12.1 Å². The number of aryl methyl sites for hydroxylation is 1. The number of methoxy groups -OCH3 is 1. The molecule has 0 spiro atoms. The zero-order valence-corrected chi connectivity index (χ0v) is 15.8. The van der Waals surface area contributed by atoms with E-state index in [1.54, 1.807) is 12.0 Å². The lowest BCUT2D eigenvalue weighted by Crippen LogP contribution is -2.51. The Balaban J connectivity index is 1.92. The number of hydrogen-bond donors (Lipinski definition) is 2. The molecule has 0 aliphatic carbocycles. The van der Waals surface area contributed by atoms with E-state index >= 15 is 0 Å². The summed E-state index contributed by atoms with van der Waals surface area (Å²) in [6.45, 7) is 6.32. The van der Waals surface area contributed by atoms with E-state index in [0.29, 0.717) is 13.0 Å². The third kappa shape index (κ3) is 5.66. The molecule has 1 heterocycles. The summed E-state index contributed by atoms with van der Waals surface area (Å²) in [7, 11) is 3.55. The molecular weight excluding hydrogens is 316 g/mol. The number of hydrogen-bond acceptors (Lipinski definition) is 3. The first-order chi connectivity index (χ1) is 12.0. The Hall–Kier alpha value is -2.24. The number of carbonyl (C=O) groups is 1. The minimum atomic E-state index is 0.216. The lowest BCUT2D eigenvalue weighted by molar-refractivity contribution is -0.132. The Labute approximate surface area is 150 Å². The maximum Gasteiger partial charge on any atom is 0.222 e. The molecule has 2 N–H and O–H groups in total. The highest BCUT2D eigenvalue weighted by atomic mass is 16.5. The van der Waals surface area contributed by atoms with Crippen molar-refractivity contribution in [3.8, 4) is 5.75 Å². The summed E-state index contributed by atoms with van der Waals surface area (Å²) in [6.07, 6.45) is 2.30. The second-order valence-electron chi connectivity index (χ2n) is 6.47. The summed E-state index contributed by atoms with van der Waals surface area (Å²) in [4.78, 5) is 18.1. The van der Waals surface area contributed by atoms with E-state index in [0.717, 1.165) is 43.2 Å². The first kappa shape index (κ1) is 19.1. The maximum absolute atomic E-state index is 11.6. The molecule has 1 amide bonds. The summed E-state index contributed by atoms with van der Waals surface area (Å²) in [5.41, 5.74) is 2.35. The molecule has 1 unspecified atom stereocenters. The van der Waals surface area contributed by atoms with Crippen molar-refractivity contribution in [2.24, 2.45) is 4.99 Å². The third-order valence-electron chi connectivity index (χ3n) is 4.45. The molecule has 0 saturated carbocycles. The van der Waals surface area contributed by atoms with Crippen LogP contribution in [0.2, 0.25) is 0 Å². The van der Waals surface area contributed by atoms with Crippen molar-refractivity contribution >= 4 is 11.9 Å². The van der Waals surface area contributed by atoms with Gasteiger partial charge in [0.25, 0.3) is 0 Å². The number of ether oxygens (including phenoxy) is 1. The predicted octanol–water partition coefficient (Wildman–Crippen LogP) is 1.72. The van der Waals surface area contributed by atoms with E-state index in [2.05, 4.69) is 40.7 Å². The van der Waals surface area contributed by atoms with Crippen LogP contribution in [0.15, 0.2) is 23.2 Å². The standard InChI is InChI=1S/C19H30N4O2/c1-5-20-19(22-16-8-9-18(24)23(3)13-16)21-11-10-15-7-6-14(2)17(12-15)25-4/h6-7,12,16H,5,8-11,13H2,1-4H3,(H2,20,21,22). The topological polar surface area (TPSA) is 66.0 Å². The van der Waals surface area contributed by atoms with Gasteiger partial charge in [-0.25, -0.2) is 0 Å². The van der Waals surface area contributed by atoms with Gasteiger partial charge in [-0.3, -0.25) is 9.79 Å². The number of likely N-dealkylation sites (tertiary alicyclic amines) is 1. The monoisotopic (exact) mass is 346 g/mol. The minimum absolute atomic E-state index is 0.216. The van der Waals surface area contributed by atoms with Gasteiger partial charge in [-0.2, -0.15) is 0 Å². The number of benzene rings is 1. The fourth-order valence-electron chi connectivity index (χ4n) is 2.96. The highest BCUT2D eigenvalue weighted by Gasteiger charge is 2.23. The first-order valence-corrected chi connectivity index (χ1v) is 8.95. The molecule has 6 heteroatoms. The van der Waals surface area contributed by atoms with Gasteiger partial charge < -0.3 is 20.3 Å². The molecule has 0 aromatic heterocycles. The Morgan fingerprint density at radius 3 is 2.92 bits per heavy atom. The minimum Gasteiger partial charge on any atom is -0.496 e. The molecule has 1 fully saturated rings. The van der Waals surface area contributed by atoms with Crippen LogP contribution in [-0.4, -0.2) is 56.6 Å². The molecule has 1 aliphatic heterocycles. The van der Waals surface area contributed by atoms with Crippen LogP contribution in [0, 0.1) is 6.92 Å². The van der Waals surface area contributed by atoms with Crippen LogP contribution in [-0.2, 0) is 11.2 Å². The van der Waals surface area contributed by atoms with Crippen LogP contribution in [0.25, 0.3) is 0 Å². The Bertz CT molecular complexity index is 615. The smallest absolute Gasteiger partial charge is 0.222 e. The SMILES string of the molecule is CCNC(=NCCc1ccc(C)c(OC)c1)NC1CCC(=O)N(C)C1. The molecule has 0 bridgehead atoms. The number of rotatable bonds is 6. The van der Waals surface area contributed by atoms with Crippen molar-refractivity contribution < 1.29 is 9.53 Å². The number of likely N-dealkylation sites (N-methyl/N-ethyl adjacent to an activating group) is 1. The van der Waals surface area contributed by atoms with Crippen LogP contribution >= 0.6 is 0 Å². The average Bonchev–Trinajstić information content (AvgIpc) is 2.59. The molecule has 25 heavy (non-hydrogen) atoms. The largest absolute Gasteiger partial charge is 0.496 e. The van der Waals surface area contributed by atoms with Crippen molar-refractivity contribution in [1.29, 1.82) is 0 Å². The molecule has 0 radical (unpaired) electrons. The average molecular weight is 346 g/mol. The summed E-state index contributed by atoms with van der Waals surface area (Å²) in [5.74, 6) is 1.95. The Kier molecular flexibility index (Phi) is 7.10. The van der Waals surface area contributed by atoms with Gasteiger partial charge in [0.1, 0.15) is 5.75 Å². The number of nitrogens with one attached hydrogen (secondary N) is 2. The van der Waals surface area contributed by atoms with Crippen LogP contribution in [0.4, 0.5) is 0 Å². The zero-order chi connectivity index (χ0) is 18.2. The predicted molar refractivity (Wildman–Crippen MR) is 101 cm³/mol. The van der Waals surface area contributed by atoms with E-state index in [9.17, 15) is 4.79 Å². The normalized spacial score (nSPS) is 18.2. The van der Waals surface area contributed by atoms with Crippen LogP contribution in [0.5, 0.6) is 5.75 Å². The van der Waals surface area contributed by atoms with E-state index in [1.807, 2.05) is 14.0 Å². The summed E-state index contributed by atoms with van der Waals surface area (Å²) in [6, 6.07) is 6.53. The van der Waals surface area contributed by atoms with Crippen molar-refractivity contribution in [2.45, 2.75) is 39.2 Å². The number of nitrogens with zero attached hydrogens (tertiary/aromatic N) is 2. The number of carbonyl (C=O) groups excluding carboxylic acids is 1. The lowest BCUT2D eigenvalue weighted by atomic mass is 10.1. The second-order valence-corrected chi connectivity index (χ2v) is 6.47. The van der Waals surface area contributed by atoms with Gasteiger partial charge in [-0.15, -0.1) is 0 Å². The number of guanidine groups is 1. The van der Waals surface area contributed by atoms with Gasteiger partial charge >= 0.3 is 0 Å². The number of piperidine rings is 1. The van der Waals surface area contributed by atoms with Gasteiger partial charge in [0, 0.05) is 39.1 Å². The molecule has 138 valence electrons. The van der Waals surface area contributed by atoms with Crippen molar-refractivity contribution in [3.63, 3.8) is 0 Å². The molecule has 1 saturated heterocycles. The van der Waals surface area contributed by atoms with E-state index in [-0.39, 0.29) is 11.9 Å². The number of aliphatic imine (C=N–C) groups is 1. The first-order valence-electron chi connectivity index (χ1n) is 8.95. The van der Waals surface area contributed by atoms with Crippen molar-refractivity contribution in [2.75, 3.05) is 33.8 Å². The van der Waals surface area contributed by atoms with Crippen LogP contribution in [0.1, 0.15) is 30.9 Å². The fraction of sp³-hybridized carbons (Fsp3) is 0.579. The van der Waals surface area contributed by atoms with E-state index < -0.39 is 0 Å². The fourth-order valence-corrected chi connectivity index (χ4v) is 2.96. The van der Waals surface area contributed by atoms with Gasteiger partial charge in [-0.05, 0) is 43.9 Å². The molecular formula is C19H30N4O2. The molecule has 1 atom stereocenters. The van der Waals surface area contributed by atoms with Crippen LogP contribution in [0.3, 0.4) is 0 Å². The van der Waals surface area contributed by atoms with Crippen molar-refractivity contribution in [1.82, 2.24) is 15.5 Å². The lowest BCUT2D eigenvalue weighted by Gasteiger charge is -2.31. The molecule has 2 rings (SSSR count). The highest BCUT2D eigenvalue weighted by Crippen LogP contribution is 2.19. The quantitative estimate of drug-likeness (QED) is 0.608. The summed E-state index contributed by atoms with van der Waals surface area (Å²) in [5, 5.41) is 6.73. The third-order valence-corrected chi connectivity index (χ3v) is 4.45. The second kappa shape index (κ2) is 9.30.